The number of amides is 1. The molecule has 1 fully saturated rings. The van der Waals surface area contributed by atoms with Gasteiger partial charge in [-0.15, -0.1) is 0 Å². The Labute approximate surface area is 158 Å². The highest BCUT2D eigenvalue weighted by atomic mass is 32.2. The van der Waals surface area contributed by atoms with Gasteiger partial charge in [0.2, 0.25) is 15.9 Å². The normalized spacial score (nSPS) is 16.5. The van der Waals surface area contributed by atoms with E-state index in [4.69, 9.17) is 0 Å². The van der Waals surface area contributed by atoms with Crippen LogP contribution in [0.4, 0.5) is 5.69 Å². The smallest absolute Gasteiger partial charge is 0.240 e. The van der Waals surface area contributed by atoms with E-state index < -0.39 is 10.0 Å². The maximum Gasteiger partial charge on any atom is 0.240 e. The fourth-order valence-electron chi connectivity index (χ4n) is 3.17. The summed E-state index contributed by atoms with van der Waals surface area (Å²) in [4.78, 5) is 13.6. The molecule has 8 heteroatoms. The lowest BCUT2D eigenvalue weighted by molar-refractivity contribution is -0.114. The number of hydrogen-bond acceptors (Lipinski definition) is 5. The van der Waals surface area contributed by atoms with E-state index >= 15 is 0 Å². The van der Waals surface area contributed by atoms with Crippen molar-refractivity contribution < 1.29 is 13.2 Å². The maximum absolute atomic E-state index is 12.6. The van der Waals surface area contributed by atoms with E-state index in [9.17, 15) is 13.2 Å². The van der Waals surface area contributed by atoms with Crippen molar-refractivity contribution in [3.8, 4) is 0 Å². The molecule has 2 aromatic rings. The SMILES string of the molecule is CC(=O)Nc1ccc(S(=O)(=O)NC[C@H](c2ccsc2)N2CCCC2)cc1. The average Bonchev–Trinajstić information content (AvgIpc) is 3.29. The summed E-state index contributed by atoms with van der Waals surface area (Å²) in [5.41, 5.74) is 1.73. The molecule has 6 nitrogen and oxygen atoms in total. The Bertz CT molecular complexity index is 827. The van der Waals surface area contributed by atoms with Crippen LogP contribution in [0.25, 0.3) is 0 Å². The molecule has 0 radical (unpaired) electrons. The Morgan fingerprint density at radius 1 is 1.19 bits per heavy atom. The molecule has 2 heterocycles. The predicted molar refractivity (Wildman–Crippen MR) is 104 cm³/mol. The quantitative estimate of drug-likeness (QED) is 0.758. The topological polar surface area (TPSA) is 78.5 Å². The van der Waals surface area contributed by atoms with Gasteiger partial charge in [0, 0.05) is 25.2 Å². The molecule has 2 N–H and O–H groups in total. The van der Waals surface area contributed by atoms with Crippen LogP contribution in [0.5, 0.6) is 0 Å². The van der Waals surface area contributed by atoms with Crippen LogP contribution in [-0.4, -0.2) is 38.9 Å². The van der Waals surface area contributed by atoms with Crippen molar-refractivity contribution in [3.63, 3.8) is 0 Å². The number of nitrogens with one attached hydrogen (secondary N) is 2. The molecule has 0 saturated carbocycles. The van der Waals surface area contributed by atoms with E-state index in [0.29, 0.717) is 12.2 Å². The monoisotopic (exact) mass is 393 g/mol. The number of likely N-dealkylation sites (tertiary alicyclic amines) is 1. The lowest BCUT2D eigenvalue weighted by Crippen LogP contribution is -2.36. The average molecular weight is 394 g/mol. The zero-order valence-electron chi connectivity index (χ0n) is 14.6. The Hall–Kier alpha value is -1.74. The molecule has 1 amide bonds. The highest BCUT2D eigenvalue weighted by Crippen LogP contribution is 2.26. The maximum atomic E-state index is 12.6. The van der Waals surface area contributed by atoms with Crippen molar-refractivity contribution in [3.05, 3.63) is 46.7 Å². The number of anilines is 1. The fraction of sp³-hybridized carbons (Fsp3) is 0.389. The van der Waals surface area contributed by atoms with Crippen molar-refractivity contribution in [1.82, 2.24) is 9.62 Å². The molecule has 26 heavy (non-hydrogen) atoms. The Morgan fingerprint density at radius 2 is 1.88 bits per heavy atom. The van der Waals surface area contributed by atoms with Crippen LogP contribution in [0.2, 0.25) is 0 Å². The Balaban J connectivity index is 1.70. The van der Waals surface area contributed by atoms with Crippen LogP contribution in [0.3, 0.4) is 0 Å². The Morgan fingerprint density at radius 3 is 2.46 bits per heavy atom. The molecule has 1 aliphatic heterocycles. The van der Waals surface area contributed by atoms with Crippen molar-refractivity contribution >= 4 is 33.0 Å². The number of sulfonamides is 1. The van der Waals surface area contributed by atoms with Gasteiger partial charge in [0.05, 0.1) is 4.90 Å². The second kappa shape index (κ2) is 8.30. The van der Waals surface area contributed by atoms with Crippen molar-refractivity contribution in [2.24, 2.45) is 0 Å². The lowest BCUT2D eigenvalue weighted by Gasteiger charge is -2.27. The molecule has 1 aliphatic rings. The first kappa shape index (κ1) is 19.0. The number of benzene rings is 1. The largest absolute Gasteiger partial charge is 0.326 e. The number of thiophene rings is 1. The molecule has 1 atom stereocenters. The third-order valence-electron chi connectivity index (χ3n) is 4.46. The first-order chi connectivity index (χ1) is 12.5. The summed E-state index contributed by atoms with van der Waals surface area (Å²) in [5, 5.41) is 6.73. The standard InChI is InChI=1S/C18H23N3O3S2/c1-14(22)20-16-4-6-17(7-5-16)26(23,24)19-12-18(15-8-11-25-13-15)21-9-2-3-10-21/h4-8,11,13,18-19H,2-3,9-10,12H2,1H3,(H,20,22)/t18-/m1/s1. The van der Waals surface area contributed by atoms with E-state index in [1.165, 1.54) is 19.1 Å². The molecular weight excluding hydrogens is 370 g/mol. The lowest BCUT2D eigenvalue weighted by atomic mass is 10.1. The molecule has 0 bridgehead atoms. The Kier molecular flexibility index (Phi) is 6.08. The summed E-state index contributed by atoms with van der Waals surface area (Å²) in [5.74, 6) is -0.192. The third-order valence-corrected chi connectivity index (χ3v) is 6.60. The van der Waals surface area contributed by atoms with Crippen LogP contribution < -0.4 is 10.0 Å². The highest BCUT2D eigenvalue weighted by Gasteiger charge is 2.25. The highest BCUT2D eigenvalue weighted by molar-refractivity contribution is 7.89. The molecule has 0 spiro atoms. The third kappa shape index (κ3) is 4.70. The number of carbonyl (C=O) groups is 1. The summed E-state index contributed by atoms with van der Waals surface area (Å²) < 4.78 is 28.0. The van der Waals surface area contributed by atoms with Gasteiger partial charge >= 0.3 is 0 Å². The summed E-state index contributed by atoms with van der Waals surface area (Å²) in [6, 6.07) is 8.30. The van der Waals surface area contributed by atoms with Crippen LogP contribution in [-0.2, 0) is 14.8 Å². The van der Waals surface area contributed by atoms with Gasteiger partial charge in [-0.2, -0.15) is 11.3 Å². The molecule has 0 unspecified atom stereocenters. The van der Waals surface area contributed by atoms with E-state index in [0.717, 1.165) is 31.5 Å². The van der Waals surface area contributed by atoms with Gasteiger partial charge in [-0.05, 0) is 72.6 Å². The summed E-state index contributed by atoms with van der Waals surface area (Å²) >= 11 is 1.62. The van der Waals surface area contributed by atoms with Crippen LogP contribution in [0.15, 0.2) is 46.0 Å². The van der Waals surface area contributed by atoms with Gasteiger partial charge in [-0.25, -0.2) is 13.1 Å². The number of nitrogens with zero attached hydrogens (tertiary/aromatic N) is 1. The van der Waals surface area contributed by atoms with Gasteiger partial charge in [0.25, 0.3) is 0 Å². The van der Waals surface area contributed by atoms with Gasteiger partial charge in [0.15, 0.2) is 0 Å². The van der Waals surface area contributed by atoms with Crippen LogP contribution in [0, 0.1) is 0 Å². The minimum absolute atomic E-state index is 0.0529. The van der Waals surface area contributed by atoms with Crippen molar-refractivity contribution in [2.75, 3.05) is 25.0 Å². The van der Waals surface area contributed by atoms with Gasteiger partial charge in [-0.3, -0.25) is 9.69 Å². The second-order valence-electron chi connectivity index (χ2n) is 6.37. The first-order valence-electron chi connectivity index (χ1n) is 8.59. The molecule has 1 aromatic heterocycles. The second-order valence-corrected chi connectivity index (χ2v) is 8.92. The van der Waals surface area contributed by atoms with Crippen LogP contribution in [0.1, 0.15) is 31.4 Å². The van der Waals surface area contributed by atoms with Gasteiger partial charge in [-0.1, -0.05) is 0 Å². The number of carbonyl (C=O) groups excluding carboxylic acids is 1. The number of rotatable bonds is 7. The summed E-state index contributed by atoms with van der Waals surface area (Å²) in [6.45, 7) is 3.74. The first-order valence-corrected chi connectivity index (χ1v) is 11.0. The molecule has 1 saturated heterocycles. The zero-order chi connectivity index (χ0) is 18.6. The molecular formula is C18H23N3O3S2. The predicted octanol–water partition coefficient (Wildman–Crippen LogP) is 2.82. The van der Waals surface area contributed by atoms with Gasteiger partial charge in [0.1, 0.15) is 0 Å². The van der Waals surface area contributed by atoms with E-state index in [-0.39, 0.29) is 16.8 Å². The van der Waals surface area contributed by atoms with E-state index in [2.05, 4.69) is 26.4 Å². The number of hydrogen-bond donors (Lipinski definition) is 2. The summed E-state index contributed by atoms with van der Waals surface area (Å²) in [7, 11) is -3.61. The van der Waals surface area contributed by atoms with Crippen LogP contribution >= 0.6 is 11.3 Å². The molecule has 3 rings (SSSR count). The minimum Gasteiger partial charge on any atom is -0.326 e. The van der Waals surface area contributed by atoms with Crippen molar-refractivity contribution in [1.29, 1.82) is 0 Å². The minimum atomic E-state index is -3.61. The van der Waals surface area contributed by atoms with E-state index in [1.54, 1.807) is 23.5 Å². The molecule has 1 aromatic carbocycles. The molecule has 0 aliphatic carbocycles. The fourth-order valence-corrected chi connectivity index (χ4v) is 4.91. The molecule has 140 valence electrons. The summed E-state index contributed by atoms with van der Waals surface area (Å²) in [6.07, 6.45) is 2.30. The van der Waals surface area contributed by atoms with E-state index in [1.807, 2.05) is 5.38 Å². The van der Waals surface area contributed by atoms with Gasteiger partial charge < -0.3 is 5.32 Å². The van der Waals surface area contributed by atoms with Crippen molar-refractivity contribution in [2.45, 2.75) is 30.7 Å². The zero-order valence-corrected chi connectivity index (χ0v) is 16.3.